The molecule has 1 aromatic carbocycles. The van der Waals surface area contributed by atoms with Crippen molar-refractivity contribution in [1.82, 2.24) is 0 Å². The molecule has 21 heavy (non-hydrogen) atoms. The summed E-state index contributed by atoms with van der Waals surface area (Å²) in [5, 5.41) is 11.9. The number of hydrogen-bond donors (Lipinski definition) is 1. The summed E-state index contributed by atoms with van der Waals surface area (Å²) in [5.41, 5.74) is 3.07. The Hall–Kier alpha value is -2.38. The first-order valence-corrected chi connectivity index (χ1v) is 7.38. The minimum atomic E-state index is -0.383. The van der Waals surface area contributed by atoms with Gasteiger partial charge in [0.2, 0.25) is 0 Å². The summed E-state index contributed by atoms with van der Waals surface area (Å²) in [4.78, 5) is 14.2. The predicted molar refractivity (Wildman–Crippen MR) is 87.2 cm³/mol. The fourth-order valence-electron chi connectivity index (χ4n) is 1.84. The van der Waals surface area contributed by atoms with Crippen LogP contribution >= 0.6 is 11.3 Å². The van der Waals surface area contributed by atoms with E-state index in [4.69, 9.17) is 5.26 Å². The third-order valence-corrected chi connectivity index (χ3v) is 4.13. The van der Waals surface area contributed by atoms with Crippen molar-refractivity contribution in [2.75, 3.05) is 5.32 Å². The van der Waals surface area contributed by atoms with Gasteiger partial charge in [-0.15, -0.1) is 11.3 Å². The van der Waals surface area contributed by atoms with Crippen LogP contribution in [0.25, 0.3) is 6.08 Å². The van der Waals surface area contributed by atoms with E-state index in [0.717, 1.165) is 20.9 Å². The number of thiophene rings is 1. The fourth-order valence-corrected chi connectivity index (χ4v) is 2.66. The Morgan fingerprint density at radius 3 is 2.52 bits per heavy atom. The number of nitriles is 1. The largest absolute Gasteiger partial charge is 0.321 e. The van der Waals surface area contributed by atoms with E-state index in [9.17, 15) is 4.79 Å². The maximum atomic E-state index is 12.2. The van der Waals surface area contributed by atoms with Crippen LogP contribution in [0.15, 0.2) is 35.9 Å². The Kier molecular flexibility index (Phi) is 4.56. The molecule has 0 saturated heterocycles. The number of hydrogen-bond acceptors (Lipinski definition) is 3. The van der Waals surface area contributed by atoms with Crippen LogP contribution in [0.3, 0.4) is 0 Å². The van der Waals surface area contributed by atoms with Gasteiger partial charge in [-0.3, -0.25) is 4.79 Å². The van der Waals surface area contributed by atoms with Crippen LogP contribution in [0, 0.1) is 32.1 Å². The molecular weight excluding hydrogens is 280 g/mol. The number of carbonyl (C=O) groups is 1. The van der Waals surface area contributed by atoms with Crippen molar-refractivity contribution in [3.05, 3.63) is 56.8 Å². The van der Waals surface area contributed by atoms with Gasteiger partial charge in [-0.05, 0) is 62.2 Å². The van der Waals surface area contributed by atoms with Crippen molar-refractivity contribution >= 4 is 29.0 Å². The van der Waals surface area contributed by atoms with Gasteiger partial charge in [-0.25, -0.2) is 0 Å². The monoisotopic (exact) mass is 296 g/mol. The molecule has 0 spiro atoms. The Balaban J connectivity index is 2.19. The van der Waals surface area contributed by atoms with Crippen LogP contribution in [0.2, 0.25) is 0 Å². The highest BCUT2D eigenvalue weighted by molar-refractivity contribution is 7.12. The van der Waals surface area contributed by atoms with E-state index >= 15 is 0 Å². The predicted octanol–water partition coefficient (Wildman–Crippen LogP) is 4.22. The molecule has 1 N–H and O–H groups in total. The second-order valence-corrected chi connectivity index (χ2v) is 6.19. The van der Waals surface area contributed by atoms with E-state index in [0.29, 0.717) is 5.69 Å². The molecule has 1 amide bonds. The first-order chi connectivity index (χ1) is 9.99. The van der Waals surface area contributed by atoms with Crippen LogP contribution < -0.4 is 5.32 Å². The van der Waals surface area contributed by atoms with E-state index in [1.165, 1.54) is 0 Å². The zero-order valence-electron chi connectivity index (χ0n) is 12.2. The van der Waals surface area contributed by atoms with Gasteiger partial charge in [0, 0.05) is 15.4 Å². The topological polar surface area (TPSA) is 52.9 Å². The standard InChI is InChI=1S/C17H16N2OS/c1-11-4-6-15(8-12(11)2)19-17(20)14(10-18)9-16-7-5-13(3)21-16/h4-9H,1-3H3,(H,19,20)/b14-9+. The lowest BCUT2D eigenvalue weighted by Gasteiger charge is -2.06. The van der Waals surface area contributed by atoms with Crippen LogP contribution in [0.4, 0.5) is 5.69 Å². The molecule has 1 aromatic heterocycles. The molecule has 0 aliphatic carbocycles. The van der Waals surface area contributed by atoms with Crippen LogP contribution in [0.1, 0.15) is 20.9 Å². The molecule has 0 fully saturated rings. The lowest BCUT2D eigenvalue weighted by atomic mass is 10.1. The second kappa shape index (κ2) is 6.38. The number of rotatable bonds is 3. The molecule has 0 saturated carbocycles. The quantitative estimate of drug-likeness (QED) is 0.681. The van der Waals surface area contributed by atoms with Crippen molar-refractivity contribution < 1.29 is 4.79 Å². The lowest BCUT2D eigenvalue weighted by molar-refractivity contribution is -0.112. The molecule has 2 aromatic rings. The molecule has 106 valence electrons. The highest BCUT2D eigenvalue weighted by Gasteiger charge is 2.10. The fraction of sp³-hybridized carbons (Fsp3) is 0.176. The molecule has 0 atom stereocenters. The average Bonchev–Trinajstić information content (AvgIpc) is 2.85. The zero-order chi connectivity index (χ0) is 15.4. The van der Waals surface area contributed by atoms with Gasteiger partial charge in [0.15, 0.2) is 0 Å². The highest BCUT2D eigenvalue weighted by Crippen LogP contribution is 2.19. The minimum absolute atomic E-state index is 0.107. The van der Waals surface area contributed by atoms with Crippen LogP contribution in [-0.2, 0) is 4.79 Å². The number of nitrogens with one attached hydrogen (secondary N) is 1. The van der Waals surface area contributed by atoms with E-state index in [1.807, 2.05) is 57.2 Å². The highest BCUT2D eigenvalue weighted by atomic mass is 32.1. The minimum Gasteiger partial charge on any atom is -0.321 e. The Morgan fingerprint density at radius 1 is 1.19 bits per heavy atom. The maximum Gasteiger partial charge on any atom is 0.266 e. The SMILES string of the molecule is Cc1ccc(/C=C(\C#N)C(=O)Nc2ccc(C)c(C)c2)s1. The van der Waals surface area contributed by atoms with E-state index < -0.39 is 0 Å². The lowest BCUT2D eigenvalue weighted by Crippen LogP contribution is -2.13. The van der Waals surface area contributed by atoms with Gasteiger partial charge in [0.25, 0.3) is 5.91 Å². The molecule has 1 heterocycles. The zero-order valence-corrected chi connectivity index (χ0v) is 13.0. The normalized spacial score (nSPS) is 11.0. The van der Waals surface area contributed by atoms with Crippen molar-refractivity contribution in [2.24, 2.45) is 0 Å². The number of carbonyl (C=O) groups excluding carboxylic acids is 1. The Bertz CT molecular complexity index is 750. The number of anilines is 1. The summed E-state index contributed by atoms with van der Waals surface area (Å²) in [5.74, 6) is -0.383. The Labute approximate surface area is 128 Å². The van der Waals surface area contributed by atoms with E-state index in [2.05, 4.69) is 5.32 Å². The molecule has 4 heteroatoms. The number of aryl methyl sites for hydroxylation is 3. The molecular formula is C17H16N2OS. The molecule has 0 aliphatic rings. The van der Waals surface area contributed by atoms with Crippen LogP contribution in [0.5, 0.6) is 0 Å². The van der Waals surface area contributed by atoms with E-state index in [1.54, 1.807) is 17.4 Å². The van der Waals surface area contributed by atoms with Gasteiger partial charge < -0.3 is 5.32 Å². The molecule has 0 aliphatic heterocycles. The molecule has 3 nitrogen and oxygen atoms in total. The third kappa shape index (κ3) is 3.80. The molecule has 0 radical (unpaired) electrons. The summed E-state index contributed by atoms with van der Waals surface area (Å²) in [6, 6.07) is 11.5. The summed E-state index contributed by atoms with van der Waals surface area (Å²) >= 11 is 1.55. The van der Waals surface area contributed by atoms with Gasteiger partial charge in [-0.1, -0.05) is 6.07 Å². The molecule has 0 bridgehead atoms. The summed E-state index contributed by atoms with van der Waals surface area (Å²) in [6.45, 7) is 5.99. The van der Waals surface area contributed by atoms with Crippen LogP contribution in [-0.4, -0.2) is 5.91 Å². The Morgan fingerprint density at radius 2 is 1.95 bits per heavy atom. The maximum absolute atomic E-state index is 12.2. The van der Waals surface area contributed by atoms with Gasteiger partial charge in [0.05, 0.1) is 0 Å². The second-order valence-electron chi connectivity index (χ2n) is 4.87. The summed E-state index contributed by atoms with van der Waals surface area (Å²) in [6.07, 6.45) is 1.62. The van der Waals surface area contributed by atoms with Gasteiger partial charge in [-0.2, -0.15) is 5.26 Å². The first kappa shape index (κ1) is 15.0. The van der Waals surface area contributed by atoms with Crippen molar-refractivity contribution in [3.63, 3.8) is 0 Å². The molecule has 2 rings (SSSR count). The smallest absolute Gasteiger partial charge is 0.266 e. The first-order valence-electron chi connectivity index (χ1n) is 6.56. The summed E-state index contributed by atoms with van der Waals surface area (Å²) in [7, 11) is 0. The number of amides is 1. The third-order valence-electron chi connectivity index (χ3n) is 3.18. The summed E-state index contributed by atoms with van der Waals surface area (Å²) < 4.78 is 0. The number of benzene rings is 1. The van der Waals surface area contributed by atoms with E-state index in [-0.39, 0.29) is 11.5 Å². The van der Waals surface area contributed by atoms with Crippen molar-refractivity contribution in [1.29, 1.82) is 5.26 Å². The van der Waals surface area contributed by atoms with Gasteiger partial charge >= 0.3 is 0 Å². The average molecular weight is 296 g/mol. The van der Waals surface area contributed by atoms with Crippen molar-refractivity contribution in [2.45, 2.75) is 20.8 Å². The number of nitrogens with zero attached hydrogens (tertiary/aromatic N) is 1. The van der Waals surface area contributed by atoms with Crippen molar-refractivity contribution in [3.8, 4) is 6.07 Å². The molecule has 0 unspecified atom stereocenters. The van der Waals surface area contributed by atoms with Gasteiger partial charge in [0.1, 0.15) is 11.6 Å².